The topological polar surface area (TPSA) is 78.9 Å². The first kappa shape index (κ1) is 74.3. The number of unbranched alkanes of at least 4 members (excludes halogenated alkanes) is 33. The zero-order chi connectivity index (χ0) is 56.4. The Morgan fingerprint density at radius 1 is 0.269 bits per heavy atom. The molecule has 0 aromatic heterocycles. The minimum absolute atomic E-state index is 0.0818. The predicted octanol–water partition coefficient (Wildman–Crippen LogP) is 22.8. The molecule has 0 fully saturated rings. The van der Waals surface area contributed by atoms with E-state index in [4.69, 9.17) is 14.2 Å². The first-order valence-electron chi connectivity index (χ1n) is 33.2. The maximum atomic E-state index is 12.9. The van der Waals surface area contributed by atoms with Gasteiger partial charge in [-0.25, -0.2) is 0 Å². The fourth-order valence-corrected chi connectivity index (χ4v) is 9.36. The van der Waals surface area contributed by atoms with E-state index >= 15 is 0 Å². The molecule has 78 heavy (non-hydrogen) atoms. The number of carbonyl (C=O) groups excluding carboxylic acids is 3. The van der Waals surface area contributed by atoms with Crippen LogP contribution in [-0.2, 0) is 28.6 Å². The lowest BCUT2D eigenvalue weighted by Gasteiger charge is -2.18. The van der Waals surface area contributed by atoms with Gasteiger partial charge in [0.25, 0.3) is 0 Å². The van der Waals surface area contributed by atoms with Crippen molar-refractivity contribution in [1.29, 1.82) is 0 Å². The Bertz CT molecular complexity index is 1530. The number of carbonyl (C=O) groups is 3. The molecule has 1 unspecified atom stereocenters. The summed E-state index contributed by atoms with van der Waals surface area (Å²) < 4.78 is 16.9. The van der Waals surface area contributed by atoms with Crippen molar-refractivity contribution in [2.24, 2.45) is 0 Å². The van der Waals surface area contributed by atoms with Gasteiger partial charge in [-0.15, -0.1) is 0 Å². The lowest BCUT2D eigenvalue weighted by Crippen LogP contribution is -2.30. The fraction of sp³-hybridized carbons (Fsp3) is 0.736. The molecule has 0 saturated carbocycles. The van der Waals surface area contributed by atoms with Crippen molar-refractivity contribution in [3.05, 3.63) is 97.2 Å². The molecule has 0 bridgehead atoms. The van der Waals surface area contributed by atoms with E-state index in [1.54, 1.807) is 0 Å². The Hall–Kier alpha value is -3.67. The molecule has 0 rings (SSSR count). The van der Waals surface area contributed by atoms with Crippen molar-refractivity contribution < 1.29 is 28.6 Å². The highest BCUT2D eigenvalue weighted by Gasteiger charge is 2.19. The van der Waals surface area contributed by atoms with Crippen molar-refractivity contribution in [3.63, 3.8) is 0 Å². The van der Waals surface area contributed by atoms with Gasteiger partial charge in [0.05, 0.1) is 0 Å². The van der Waals surface area contributed by atoms with Crippen LogP contribution in [0.5, 0.6) is 0 Å². The van der Waals surface area contributed by atoms with Crippen LogP contribution in [0.1, 0.15) is 323 Å². The van der Waals surface area contributed by atoms with Crippen molar-refractivity contribution >= 4 is 17.9 Å². The average molecular weight is 1090 g/mol. The largest absolute Gasteiger partial charge is 0.462 e. The van der Waals surface area contributed by atoms with Crippen LogP contribution in [0.4, 0.5) is 0 Å². The molecule has 0 aliphatic carbocycles. The summed E-state index contributed by atoms with van der Waals surface area (Å²) in [6.07, 6.45) is 88.4. The van der Waals surface area contributed by atoms with E-state index in [9.17, 15) is 14.4 Å². The van der Waals surface area contributed by atoms with Crippen molar-refractivity contribution in [1.82, 2.24) is 0 Å². The van der Waals surface area contributed by atoms with Gasteiger partial charge in [-0.1, -0.05) is 298 Å². The number of hydrogen-bond acceptors (Lipinski definition) is 6. The van der Waals surface area contributed by atoms with Crippen molar-refractivity contribution in [2.45, 2.75) is 329 Å². The summed E-state index contributed by atoms with van der Waals surface area (Å²) in [5.41, 5.74) is 0. The molecule has 0 aromatic carbocycles. The maximum Gasteiger partial charge on any atom is 0.306 e. The van der Waals surface area contributed by atoms with Crippen LogP contribution in [0.15, 0.2) is 97.2 Å². The van der Waals surface area contributed by atoms with E-state index < -0.39 is 6.10 Å². The quantitative estimate of drug-likeness (QED) is 0.0261. The van der Waals surface area contributed by atoms with Crippen LogP contribution < -0.4 is 0 Å². The number of allylic oxidation sites excluding steroid dienone is 16. The van der Waals surface area contributed by atoms with E-state index in [0.29, 0.717) is 19.3 Å². The third-order valence-electron chi connectivity index (χ3n) is 14.3. The standard InChI is InChI=1S/C72H124O6/c1-4-7-10-13-16-19-22-25-27-29-31-33-34-35-36-37-38-40-41-43-45-47-50-53-56-59-62-65-71(74)77-68-69(67-76-70(73)64-61-58-55-52-49-24-21-18-15-12-9-6-3)78-72(75)66-63-60-57-54-51-48-46-44-42-39-32-30-28-26-23-20-17-14-11-8-5-2/h7,10,16,19,25,27,30-33,35-36,38,40,43,45,69H,4-6,8-9,11-15,17-18,20-24,26,28-29,34,37,39,41-42,44,46-68H2,1-3H3/b10-7-,19-16-,27-25-,32-30-,33-31-,36-35-,40-38-,45-43-. The average Bonchev–Trinajstić information content (AvgIpc) is 3.44. The SMILES string of the molecule is CC/C=C\C/C=C\C/C=C\C/C=C\C/C=C\C/C=C\C/C=C\CCCCCCCC(=O)OCC(COC(=O)CCCCCCCCCCCCCC)OC(=O)CCCCCCCCCCC/C=C\CCCCCCCCCC. The van der Waals surface area contributed by atoms with Crippen LogP contribution >= 0.6 is 0 Å². The monoisotopic (exact) mass is 1080 g/mol. The van der Waals surface area contributed by atoms with Crippen LogP contribution in [0.3, 0.4) is 0 Å². The zero-order valence-corrected chi connectivity index (χ0v) is 51.4. The van der Waals surface area contributed by atoms with Gasteiger partial charge in [0.1, 0.15) is 13.2 Å². The summed E-state index contributed by atoms with van der Waals surface area (Å²) in [7, 11) is 0. The third kappa shape index (κ3) is 63.2. The summed E-state index contributed by atoms with van der Waals surface area (Å²) in [6.45, 7) is 6.54. The van der Waals surface area contributed by atoms with Crippen LogP contribution in [0.25, 0.3) is 0 Å². The third-order valence-corrected chi connectivity index (χ3v) is 14.3. The van der Waals surface area contributed by atoms with Crippen LogP contribution in [-0.4, -0.2) is 37.2 Å². The molecule has 0 spiro atoms. The summed E-state index contributed by atoms with van der Waals surface area (Å²) in [6, 6.07) is 0. The van der Waals surface area contributed by atoms with Gasteiger partial charge in [0.15, 0.2) is 6.10 Å². The normalized spacial score (nSPS) is 12.7. The summed E-state index contributed by atoms with van der Waals surface area (Å²) in [5.74, 6) is -0.892. The highest BCUT2D eigenvalue weighted by molar-refractivity contribution is 5.71. The molecule has 0 N–H and O–H groups in total. The molecule has 0 heterocycles. The molecule has 0 saturated heterocycles. The molecule has 0 amide bonds. The van der Waals surface area contributed by atoms with Gasteiger partial charge in [-0.05, 0) is 103 Å². The molecule has 0 aliphatic rings. The van der Waals surface area contributed by atoms with Gasteiger partial charge in [0, 0.05) is 19.3 Å². The summed E-state index contributed by atoms with van der Waals surface area (Å²) in [4.78, 5) is 38.3. The van der Waals surface area contributed by atoms with Crippen LogP contribution in [0, 0.1) is 0 Å². The van der Waals surface area contributed by atoms with Gasteiger partial charge in [-0.2, -0.15) is 0 Å². The van der Waals surface area contributed by atoms with E-state index in [1.165, 1.54) is 161 Å². The predicted molar refractivity (Wildman–Crippen MR) is 339 cm³/mol. The van der Waals surface area contributed by atoms with Gasteiger partial charge >= 0.3 is 17.9 Å². The second-order valence-corrected chi connectivity index (χ2v) is 22.0. The van der Waals surface area contributed by atoms with E-state index in [-0.39, 0.29) is 31.1 Å². The zero-order valence-electron chi connectivity index (χ0n) is 51.4. The van der Waals surface area contributed by atoms with E-state index in [2.05, 4.69) is 118 Å². The first-order chi connectivity index (χ1) is 38.5. The Kier molecular flexibility index (Phi) is 62.7. The molecule has 6 heteroatoms. The van der Waals surface area contributed by atoms with Crippen LogP contribution in [0.2, 0.25) is 0 Å². The lowest BCUT2D eigenvalue weighted by atomic mass is 10.0. The minimum Gasteiger partial charge on any atom is -0.462 e. The highest BCUT2D eigenvalue weighted by Crippen LogP contribution is 2.16. The fourth-order valence-electron chi connectivity index (χ4n) is 9.36. The number of esters is 3. The lowest BCUT2D eigenvalue weighted by molar-refractivity contribution is -0.167. The number of hydrogen-bond donors (Lipinski definition) is 0. The molecule has 0 aliphatic heterocycles. The maximum absolute atomic E-state index is 12.9. The Morgan fingerprint density at radius 2 is 0.500 bits per heavy atom. The van der Waals surface area contributed by atoms with Gasteiger partial charge in [-0.3, -0.25) is 14.4 Å². The molecular formula is C72H124O6. The smallest absolute Gasteiger partial charge is 0.306 e. The minimum atomic E-state index is -0.787. The Labute approximate surface area is 483 Å². The van der Waals surface area contributed by atoms with Gasteiger partial charge < -0.3 is 14.2 Å². The van der Waals surface area contributed by atoms with Crippen molar-refractivity contribution in [3.8, 4) is 0 Å². The number of ether oxygens (including phenoxy) is 3. The molecule has 0 aromatic rings. The Morgan fingerprint density at radius 3 is 0.795 bits per heavy atom. The highest BCUT2D eigenvalue weighted by atomic mass is 16.6. The molecule has 6 nitrogen and oxygen atoms in total. The summed E-state index contributed by atoms with van der Waals surface area (Å²) >= 11 is 0. The molecule has 1 atom stereocenters. The van der Waals surface area contributed by atoms with E-state index in [0.717, 1.165) is 122 Å². The van der Waals surface area contributed by atoms with Gasteiger partial charge in [0.2, 0.25) is 0 Å². The second-order valence-electron chi connectivity index (χ2n) is 22.0. The second kappa shape index (κ2) is 65.8. The van der Waals surface area contributed by atoms with E-state index in [1.807, 2.05) is 0 Å². The molecular weight excluding hydrogens is 961 g/mol. The number of rotatable bonds is 60. The van der Waals surface area contributed by atoms with Crippen molar-refractivity contribution in [2.75, 3.05) is 13.2 Å². The molecule has 448 valence electrons. The Balaban J connectivity index is 4.34. The first-order valence-corrected chi connectivity index (χ1v) is 33.2. The molecule has 0 radical (unpaired) electrons. The summed E-state index contributed by atoms with van der Waals surface area (Å²) in [5, 5.41) is 0.